The highest BCUT2D eigenvalue weighted by atomic mass is 32.2. The molecule has 0 unspecified atom stereocenters. The maximum Gasteiger partial charge on any atom is 0.241 e. The van der Waals surface area contributed by atoms with Crippen LogP contribution in [0, 0.1) is 12.7 Å². The number of nitrogens with two attached hydrogens (primary N) is 1. The molecule has 1 aliphatic rings. The van der Waals surface area contributed by atoms with Gasteiger partial charge in [0, 0.05) is 11.3 Å². The van der Waals surface area contributed by atoms with Gasteiger partial charge in [-0.05, 0) is 31.9 Å². The molecule has 1 aromatic carbocycles. The molecule has 4 N–H and O–H groups in total. The van der Waals surface area contributed by atoms with E-state index in [4.69, 9.17) is 5.73 Å². The number of hydrogen-bond donors (Lipinski definition) is 3. The van der Waals surface area contributed by atoms with Crippen LogP contribution < -0.4 is 10.5 Å². The van der Waals surface area contributed by atoms with Crippen LogP contribution in [-0.4, -0.2) is 25.7 Å². The van der Waals surface area contributed by atoms with E-state index in [1.807, 2.05) is 0 Å². The van der Waals surface area contributed by atoms with Crippen molar-refractivity contribution in [2.24, 2.45) is 0 Å². The number of sulfonamides is 1. The van der Waals surface area contributed by atoms with Gasteiger partial charge in [0.1, 0.15) is 5.82 Å². The third-order valence-electron chi connectivity index (χ3n) is 4.13. The van der Waals surface area contributed by atoms with Crippen LogP contribution in [0.15, 0.2) is 17.0 Å². The highest BCUT2D eigenvalue weighted by Crippen LogP contribution is 2.30. The second kappa shape index (κ2) is 5.90. The number of hydrogen-bond acceptors (Lipinski definition) is 4. The number of anilines is 1. The number of benzene rings is 1. The fourth-order valence-electron chi connectivity index (χ4n) is 2.69. The van der Waals surface area contributed by atoms with Crippen molar-refractivity contribution < 1.29 is 17.9 Å². The molecule has 1 aromatic rings. The molecule has 0 amide bonds. The Morgan fingerprint density at radius 2 is 1.95 bits per heavy atom. The van der Waals surface area contributed by atoms with Gasteiger partial charge in [-0.3, -0.25) is 0 Å². The molecule has 1 fully saturated rings. The molecule has 2 rings (SSSR count). The van der Waals surface area contributed by atoms with Gasteiger partial charge in [0.05, 0.1) is 17.0 Å². The lowest BCUT2D eigenvalue weighted by atomic mass is 9.83. The lowest BCUT2D eigenvalue weighted by molar-refractivity contribution is 0.142. The number of nitrogens with one attached hydrogen (secondary N) is 1. The topological polar surface area (TPSA) is 92.4 Å². The second-order valence-electron chi connectivity index (χ2n) is 5.72. The molecular formula is C14H21FN2O3S. The van der Waals surface area contributed by atoms with Crippen LogP contribution in [0.5, 0.6) is 0 Å². The monoisotopic (exact) mass is 316 g/mol. The van der Waals surface area contributed by atoms with Crippen LogP contribution in [-0.2, 0) is 10.0 Å². The summed E-state index contributed by atoms with van der Waals surface area (Å²) in [4.78, 5) is -0.207. The standard InChI is InChI=1S/C14H21FN2O3S/c1-10-12(15)7-11(8-13(10)16)21(19,20)17-14(9-18)5-3-2-4-6-14/h7-8,17-18H,2-6,9,16H2,1H3. The molecule has 0 atom stereocenters. The van der Waals surface area contributed by atoms with Crippen LogP contribution in [0.3, 0.4) is 0 Å². The van der Waals surface area contributed by atoms with Crippen LogP contribution >= 0.6 is 0 Å². The summed E-state index contributed by atoms with van der Waals surface area (Å²) in [6.45, 7) is 1.22. The van der Waals surface area contributed by atoms with Crippen molar-refractivity contribution in [3.05, 3.63) is 23.5 Å². The summed E-state index contributed by atoms with van der Waals surface area (Å²) >= 11 is 0. The predicted molar refractivity (Wildman–Crippen MR) is 78.8 cm³/mol. The van der Waals surface area contributed by atoms with E-state index < -0.39 is 21.4 Å². The van der Waals surface area contributed by atoms with Gasteiger partial charge < -0.3 is 10.8 Å². The van der Waals surface area contributed by atoms with Crippen molar-refractivity contribution >= 4 is 15.7 Å². The van der Waals surface area contributed by atoms with Crippen LogP contribution in [0.4, 0.5) is 10.1 Å². The minimum atomic E-state index is -3.92. The molecule has 0 aliphatic heterocycles. The zero-order valence-electron chi connectivity index (χ0n) is 12.0. The van der Waals surface area contributed by atoms with Crippen LogP contribution in [0.25, 0.3) is 0 Å². The Balaban J connectivity index is 2.33. The Labute approximate surface area is 124 Å². The normalized spacial score (nSPS) is 18.6. The van der Waals surface area contributed by atoms with Gasteiger partial charge in [-0.15, -0.1) is 0 Å². The number of aliphatic hydroxyl groups is 1. The molecule has 118 valence electrons. The summed E-state index contributed by atoms with van der Waals surface area (Å²) in [7, 11) is -3.92. The van der Waals surface area contributed by atoms with E-state index in [1.54, 1.807) is 0 Å². The predicted octanol–water partition coefficient (Wildman–Crippen LogP) is 1.69. The summed E-state index contributed by atoms with van der Waals surface area (Å²) in [5.41, 5.74) is 5.10. The zero-order chi connectivity index (χ0) is 15.7. The largest absolute Gasteiger partial charge is 0.398 e. The number of rotatable bonds is 4. The molecule has 0 spiro atoms. The number of nitrogen functional groups attached to an aromatic ring is 1. The second-order valence-corrected chi connectivity index (χ2v) is 7.41. The highest BCUT2D eigenvalue weighted by molar-refractivity contribution is 7.89. The SMILES string of the molecule is Cc1c(N)cc(S(=O)(=O)NC2(CO)CCCCC2)cc1F. The minimum Gasteiger partial charge on any atom is -0.398 e. The maximum atomic E-state index is 13.7. The van der Waals surface area contributed by atoms with Crippen molar-refractivity contribution in [3.8, 4) is 0 Å². The molecule has 0 bridgehead atoms. The van der Waals surface area contributed by atoms with Crippen LogP contribution in [0.2, 0.25) is 0 Å². The lowest BCUT2D eigenvalue weighted by Gasteiger charge is -2.36. The summed E-state index contributed by atoms with van der Waals surface area (Å²) in [6.07, 6.45) is 3.88. The first-order chi connectivity index (χ1) is 9.80. The molecule has 7 heteroatoms. The lowest BCUT2D eigenvalue weighted by Crippen LogP contribution is -2.52. The fraction of sp³-hybridized carbons (Fsp3) is 0.571. The molecule has 0 radical (unpaired) electrons. The van der Waals surface area contributed by atoms with Crippen LogP contribution in [0.1, 0.15) is 37.7 Å². The van der Waals surface area contributed by atoms with Crippen molar-refractivity contribution in [1.29, 1.82) is 0 Å². The smallest absolute Gasteiger partial charge is 0.241 e. The molecule has 5 nitrogen and oxygen atoms in total. The van der Waals surface area contributed by atoms with E-state index in [2.05, 4.69) is 4.72 Å². The molecule has 1 aliphatic carbocycles. The summed E-state index contributed by atoms with van der Waals surface area (Å²) in [5.74, 6) is -0.655. The van der Waals surface area contributed by atoms with Crippen molar-refractivity contribution in [1.82, 2.24) is 4.72 Å². The third kappa shape index (κ3) is 3.36. The van der Waals surface area contributed by atoms with E-state index in [-0.39, 0.29) is 22.8 Å². The highest BCUT2D eigenvalue weighted by Gasteiger charge is 2.36. The molecular weight excluding hydrogens is 295 g/mol. The van der Waals surface area contributed by atoms with E-state index in [9.17, 15) is 17.9 Å². The first kappa shape index (κ1) is 16.2. The Morgan fingerprint density at radius 3 is 2.48 bits per heavy atom. The molecule has 0 heterocycles. The van der Waals surface area contributed by atoms with Gasteiger partial charge in [0.25, 0.3) is 0 Å². The van der Waals surface area contributed by atoms with Gasteiger partial charge in [-0.25, -0.2) is 17.5 Å². The zero-order valence-corrected chi connectivity index (χ0v) is 12.8. The van der Waals surface area contributed by atoms with E-state index >= 15 is 0 Å². The Morgan fingerprint density at radius 1 is 1.33 bits per heavy atom. The van der Waals surface area contributed by atoms with Crippen molar-refractivity contribution in [2.45, 2.75) is 49.5 Å². The van der Waals surface area contributed by atoms with Gasteiger partial charge in [0.15, 0.2) is 0 Å². The van der Waals surface area contributed by atoms with Gasteiger partial charge >= 0.3 is 0 Å². The Hall–Kier alpha value is -1.18. The Bertz CT molecular complexity index is 602. The Kier molecular flexibility index (Phi) is 4.55. The third-order valence-corrected chi connectivity index (χ3v) is 5.69. The van der Waals surface area contributed by atoms with E-state index in [0.717, 1.165) is 25.3 Å². The van der Waals surface area contributed by atoms with Crippen molar-refractivity contribution in [2.75, 3.05) is 12.3 Å². The molecule has 0 saturated heterocycles. The summed E-state index contributed by atoms with van der Waals surface area (Å²) in [6, 6.07) is 2.20. The first-order valence-corrected chi connectivity index (χ1v) is 8.48. The quantitative estimate of drug-likeness (QED) is 0.737. The number of halogens is 1. The minimum absolute atomic E-state index is 0.0945. The van der Waals surface area contributed by atoms with E-state index in [0.29, 0.717) is 12.8 Å². The average molecular weight is 316 g/mol. The van der Waals surface area contributed by atoms with Gasteiger partial charge in [-0.1, -0.05) is 19.3 Å². The van der Waals surface area contributed by atoms with Gasteiger partial charge in [-0.2, -0.15) is 0 Å². The maximum absolute atomic E-state index is 13.7. The summed E-state index contributed by atoms with van der Waals surface area (Å²) < 4.78 is 41.1. The van der Waals surface area contributed by atoms with Crippen molar-refractivity contribution in [3.63, 3.8) is 0 Å². The first-order valence-electron chi connectivity index (χ1n) is 7.00. The summed E-state index contributed by atoms with van der Waals surface area (Å²) in [5, 5.41) is 9.58. The molecule has 0 aromatic heterocycles. The average Bonchev–Trinajstić information content (AvgIpc) is 2.44. The van der Waals surface area contributed by atoms with Gasteiger partial charge in [0.2, 0.25) is 10.0 Å². The fourth-order valence-corrected chi connectivity index (χ4v) is 4.19. The molecule has 21 heavy (non-hydrogen) atoms. The van der Waals surface area contributed by atoms with E-state index in [1.165, 1.54) is 13.0 Å². The number of aliphatic hydroxyl groups excluding tert-OH is 1. The molecule has 1 saturated carbocycles.